The van der Waals surface area contributed by atoms with Gasteiger partial charge in [-0.25, -0.2) is 13.4 Å². The lowest BCUT2D eigenvalue weighted by molar-refractivity contribution is 0.404. The van der Waals surface area contributed by atoms with Crippen molar-refractivity contribution in [2.24, 2.45) is 0 Å². The zero-order chi connectivity index (χ0) is 24.5. The summed E-state index contributed by atoms with van der Waals surface area (Å²) in [4.78, 5) is 7.42. The van der Waals surface area contributed by atoms with E-state index in [1.165, 1.54) is 0 Å². The minimum atomic E-state index is -3.36. The molecule has 0 unspecified atom stereocenters. The van der Waals surface area contributed by atoms with E-state index in [1.54, 1.807) is 37.7 Å². The molecular formula is C26H32N2O4S2. The fraction of sp³-hybridized carbons (Fsp3) is 0.423. The Hall–Kier alpha value is -2.58. The van der Waals surface area contributed by atoms with Crippen LogP contribution in [-0.2, 0) is 15.3 Å². The molecule has 0 spiro atoms. The van der Waals surface area contributed by atoms with Gasteiger partial charge >= 0.3 is 0 Å². The number of hydrogen-bond donors (Lipinski definition) is 0. The number of nitrogens with zero attached hydrogens (tertiary/aromatic N) is 2. The first kappa shape index (κ1) is 24.5. The highest BCUT2D eigenvalue weighted by molar-refractivity contribution is 7.92. The van der Waals surface area contributed by atoms with Crippen molar-refractivity contribution in [1.29, 1.82) is 0 Å². The number of benzene rings is 2. The van der Waals surface area contributed by atoms with Crippen LogP contribution in [0.4, 0.5) is 5.13 Å². The first-order valence-electron chi connectivity index (χ1n) is 11.4. The van der Waals surface area contributed by atoms with Crippen molar-refractivity contribution in [3.8, 4) is 22.8 Å². The van der Waals surface area contributed by atoms with Crippen LogP contribution in [0.2, 0.25) is 0 Å². The Morgan fingerprint density at radius 1 is 1.00 bits per heavy atom. The Morgan fingerprint density at radius 3 is 2.26 bits per heavy atom. The van der Waals surface area contributed by atoms with Gasteiger partial charge in [-0.3, -0.25) is 0 Å². The van der Waals surface area contributed by atoms with E-state index in [4.69, 9.17) is 14.5 Å². The first-order chi connectivity index (χ1) is 16.1. The third kappa shape index (κ3) is 4.93. The number of thiazole rings is 1. The van der Waals surface area contributed by atoms with Crippen molar-refractivity contribution >= 4 is 26.3 Å². The molecule has 3 aromatic rings. The fourth-order valence-corrected chi connectivity index (χ4v) is 6.85. The van der Waals surface area contributed by atoms with E-state index in [-0.39, 0.29) is 10.7 Å². The molecule has 2 heterocycles. The summed E-state index contributed by atoms with van der Waals surface area (Å²) in [6.45, 7) is 7.69. The Morgan fingerprint density at radius 2 is 1.68 bits per heavy atom. The van der Waals surface area contributed by atoms with E-state index in [1.807, 2.05) is 35.7 Å². The summed E-state index contributed by atoms with van der Waals surface area (Å²) >= 11 is 1.56. The zero-order valence-electron chi connectivity index (χ0n) is 20.4. The van der Waals surface area contributed by atoms with E-state index in [9.17, 15) is 8.42 Å². The summed E-state index contributed by atoms with van der Waals surface area (Å²) in [5, 5.41) is 2.53. The van der Waals surface area contributed by atoms with Gasteiger partial charge in [0.2, 0.25) is 0 Å². The van der Waals surface area contributed by atoms with Gasteiger partial charge in [-0.1, -0.05) is 32.9 Å². The second-order valence-electron chi connectivity index (χ2n) is 9.59. The molecule has 0 bridgehead atoms. The van der Waals surface area contributed by atoms with Crippen molar-refractivity contribution in [3.05, 3.63) is 53.4 Å². The predicted molar refractivity (Wildman–Crippen MR) is 138 cm³/mol. The van der Waals surface area contributed by atoms with Crippen LogP contribution in [0.3, 0.4) is 0 Å². The number of methoxy groups -OCH3 is 2. The van der Waals surface area contributed by atoms with Crippen LogP contribution >= 0.6 is 11.3 Å². The summed E-state index contributed by atoms with van der Waals surface area (Å²) < 4.78 is 37.4. The molecule has 0 N–H and O–H groups in total. The molecule has 4 rings (SSSR count). The molecule has 0 aliphatic carbocycles. The van der Waals surface area contributed by atoms with Crippen LogP contribution in [-0.4, -0.2) is 46.0 Å². The monoisotopic (exact) mass is 500 g/mol. The van der Waals surface area contributed by atoms with Crippen LogP contribution in [0.25, 0.3) is 11.3 Å². The lowest BCUT2D eigenvalue weighted by Crippen LogP contribution is -2.39. The zero-order valence-corrected chi connectivity index (χ0v) is 22.0. The molecule has 1 fully saturated rings. The number of aromatic nitrogens is 1. The van der Waals surface area contributed by atoms with Gasteiger partial charge in [0.1, 0.15) is 11.5 Å². The van der Waals surface area contributed by atoms with E-state index in [0.717, 1.165) is 33.5 Å². The minimum Gasteiger partial charge on any atom is -0.497 e. The normalized spacial score (nSPS) is 15.4. The lowest BCUT2D eigenvalue weighted by atomic mass is 9.87. The highest BCUT2D eigenvalue weighted by Gasteiger charge is 2.32. The maximum Gasteiger partial charge on any atom is 0.185 e. The van der Waals surface area contributed by atoms with Crippen LogP contribution in [0, 0.1) is 0 Å². The highest BCUT2D eigenvalue weighted by atomic mass is 32.2. The van der Waals surface area contributed by atoms with Crippen LogP contribution in [0.1, 0.15) is 39.2 Å². The van der Waals surface area contributed by atoms with Crippen LogP contribution < -0.4 is 14.4 Å². The van der Waals surface area contributed by atoms with Crippen molar-refractivity contribution in [2.75, 3.05) is 32.2 Å². The summed E-state index contributed by atoms with van der Waals surface area (Å²) in [5.41, 5.74) is 2.83. The second-order valence-corrected chi connectivity index (χ2v) is 12.7. The molecule has 8 heteroatoms. The van der Waals surface area contributed by atoms with Gasteiger partial charge in [0.15, 0.2) is 15.0 Å². The van der Waals surface area contributed by atoms with E-state index < -0.39 is 9.84 Å². The average molecular weight is 501 g/mol. The largest absolute Gasteiger partial charge is 0.497 e. The number of hydrogen-bond acceptors (Lipinski definition) is 7. The third-order valence-corrected chi connectivity index (χ3v) is 9.55. The minimum absolute atomic E-state index is 0.00487. The van der Waals surface area contributed by atoms with E-state index >= 15 is 0 Å². The molecular weight excluding hydrogens is 468 g/mol. The van der Waals surface area contributed by atoms with Gasteiger partial charge in [-0.15, -0.1) is 11.3 Å². The van der Waals surface area contributed by atoms with Crippen molar-refractivity contribution in [1.82, 2.24) is 4.98 Å². The Kier molecular flexibility index (Phi) is 6.92. The van der Waals surface area contributed by atoms with Crippen LogP contribution in [0.15, 0.2) is 52.7 Å². The molecule has 0 amide bonds. The quantitative estimate of drug-likeness (QED) is 0.441. The molecule has 34 heavy (non-hydrogen) atoms. The number of piperidine rings is 1. The molecule has 0 atom stereocenters. The highest BCUT2D eigenvalue weighted by Crippen LogP contribution is 2.37. The van der Waals surface area contributed by atoms with Crippen molar-refractivity contribution in [3.63, 3.8) is 0 Å². The number of sulfone groups is 1. The first-order valence-corrected chi connectivity index (χ1v) is 13.8. The summed E-state index contributed by atoms with van der Waals surface area (Å²) in [7, 11) is -0.0850. The van der Waals surface area contributed by atoms with Crippen molar-refractivity contribution < 1.29 is 17.9 Å². The Labute approximate surface area is 206 Å². The second kappa shape index (κ2) is 9.58. The maximum atomic E-state index is 13.3. The predicted octanol–water partition coefficient (Wildman–Crippen LogP) is 5.57. The Balaban J connectivity index is 1.46. The fourth-order valence-electron chi connectivity index (χ4n) is 4.24. The van der Waals surface area contributed by atoms with Gasteiger partial charge < -0.3 is 14.4 Å². The number of anilines is 1. The topological polar surface area (TPSA) is 68.7 Å². The van der Waals surface area contributed by atoms with Gasteiger partial charge in [0.05, 0.1) is 30.1 Å². The molecule has 2 aromatic carbocycles. The summed E-state index contributed by atoms with van der Waals surface area (Å²) in [6.07, 6.45) is 1.17. The van der Waals surface area contributed by atoms with Gasteiger partial charge in [0.25, 0.3) is 0 Å². The lowest BCUT2D eigenvalue weighted by Gasteiger charge is -2.31. The molecule has 1 aromatic heterocycles. The Bertz CT molecular complexity index is 1240. The molecule has 182 valence electrons. The smallest absolute Gasteiger partial charge is 0.185 e. The molecule has 1 aliphatic rings. The molecule has 0 radical (unpaired) electrons. The summed E-state index contributed by atoms with van der Waals surface area (Å²) in [5.74, 6) is 1.48. The van der Waals surface area contributed by atoms with Gasteiger partial charge in [-0.2, -0.15) is 0 Å². The summed E-state index contributed by atoms with van der Waals surface area (Å²) in [6, 6.07) is 13.0. The van der Waals surface area contributed by atoms with Crippen LogP contribution in [0.5, 0.6) is 11.5 Å². The number of rotatable bonds is 6. The third-order valence-electron chi connectivity index (χ3n) is 6.37. The van der Waals surface area contributed by atoms with Gasteiger partial charge in [0, 0.05) is 24.0 Å². The average Bonchev–Trinajstić information content (AvgIpc) is 3.33. The standard InChI is InChI=1S/C26H32N2O4S2/c1-26(2,3)18-6-9-20(10-7-18)34(29,30)21-12-14-28(15-13-21)25-27-23(17-33-25)22-16-19(31-4)8-11-24(22)32-5/h6-11,16-17,21H,12-15H2,1-5H3. The van der Waals surface area contributed by atoms with E-state index in [2.05, 4.69) is 25.7 Å². The van der Waals surface area contributed by atoms with Crippen molar-refractivity contribution in [2.45, 2.75) is 49.2 Å². The SMILES string of the molecule is COc1ccc(OC)c(-c2csc(N3CCC(S(=O)(=O)c4ccc(C(C)(C)C)cc4)CC3)n2)c1. The van der Waals surface area contributed by atoms with Gasteiger partial charge in [-0.05, 0) is 54.2 Å². The van der Waals surface area contributed by atoms with E-state index in [0.29, 0.717) is 30.8 Å². The molecule has 1 saturated heterocycles. The number of ether oxygens (including phenoxy) is 2. The molecule has 1 aliphatic heterocycles. The maximum absolute atomic E-state index is 13.3. The molecule has 0 saturated carbocycles. The molecule has 6 nitrogen and oxygen atoms in total.